The van der Waals surface area contributed by atoms with Gasteiger partial charge in [-0.25, -0.2) is 0 Å². The second-order valence-corrected chi connectivity index (χ2v) is 6.97. The highest BCUT2D eigenvalue weighted by atomic mass is 35.5. The van der Waals surface area contributed by atoms with Crippen molar-refractivity contribution in [1.29, 1.82) is 0 Å². The molecular weight excluding hydrogens is 368 g/mol. The van der Waals surface area contributed by atoms with Gasteiger partial charge in [0.15, 0.2) is 11.5 Å². The molecule has 1 amide bonds. The zero-order chi connectivity index (χ0) is 19.4. The average Bonchev–Trinajstić information content (AvgIpc) is 3.07. The van der Waals surface area contributed by atoms with Crippen LogP contribution in [0.25, 0.3) is 0 Å². The number of aromatic nitrogens is 2. The molecule has 1 aliphatic rings. The highest BCUT2D eigenvalue weighted by Crippen LogP contribution is 2.36. The first-order valence-electron chi connectivity index (χ1n) is 9.02. The first-order valence-corrected chi connectivity index (χ1v) is 9.40. The van der Waals surface area contributed by atoms with Crippen LogP contribution in [0, 0.1) is 0 Å². The van der Waals surface area contributed by atoms with Crippen LogP contribution in [0.2, 0.25) is 5.02 Å². The Labute approximate surface area is 164 Å². The molecule has 2 atom stereocenters. The van der Waals surface area contributed by atoms with Crippen LogP contribution in [-0.4, -0.2) is 35.4 Å². The molecule has 0 bridgehead atoms. The number of rotatable bonds is 7. The number of nitrogens with zero attached hydrogens (tertiary/aromatic N) is 2. The third-order valence-electron chi connectivity index (χ3n) is 4.63. The fraction of sp³-hybridized carbons (Fsp3) is 0.474. The van der Waals surface area contributed by atoms with Gasteiger partial charge in [-0.05, 0) is 31.0 Å². The summed E-state index contributed by atoms with van der Waals surface area (Å²) in [4.78, 5) is 11.9. The highest BCUT2D eigenvalue weighted by Gasteiger charge is 2.30. The Morgan fingerprint density at radius 3 is 2.93 bits per heavy atom. The highest BCUT2D eigenvalue weighted by molar-refractivity contribution is 6.32. The number of amides is 1. The van der Waals surface area contributed by atoms with Crippen molar-refractivity contribution in [3.05, 3.63) is 40.7 Å². The number of hydrogen-bond acceptors (Lipinski definition) is 5. The van der Waals surface area contributed by atoms with Crippen LogP contribution in [0.4, 0.5) is 0 Å². The van der Waals surface area contributed by atoms with Crippen molar-refractivity contribution in [3.8, 4) is 11.5 Å². The summed E-state index contributed by atoms with van der Waals surface area (Å²) >= 11 is 6.34. The van der Waals surface area contributed by atoms with Crippen molar-refractivity contribution in [1.82, 2.24) is 20.4 Å². The number of piperidine rings is 1. The molecule has 0 spiro atoms. The summed E-state index contributed by atoms with van der Waals surface area (Å²) in [7, 11) is 3.44. The lowest BCUT2D eigenvalue weighted by Gasteiger charge is -2.32. The molecule has 1 aliphatic heterocycles. The van der Waals surface area contributed by atoms with Gasteiger partial charge in [0, 0.05) is 37.8 Å². The summed E-state index contributed by atoms with van der Waals surface area (Å²) in [6, 6.07) is 3.79. The Balaban J connectivity index is 1.75. The van der Waals surface area contributed by atoms with Gasteiger partial charge in [0.2, 0.25) is 5.91 Å². The van der Waals surface area contributed by atoms with Gasteiger partial charge in [-0.15, -0.1) is 0 Å². The maximum Gasteiger partial charge on any atom is 0.220 e. The van der Waals surface area contributed by atoms with Gasteiger partial charge in [-0.1, -0.05) is 11.6 Å². The van der Waals surface area contributed by atoms with Crippen molar-refractivity contribution in [2.24, 2.45) is 7.05 Å². The summed E-state index contributed by atoms with van der Waals surface area (Å²) < 4.78 is 12.7. The Hall–Kier alpha value is -2.25. The van der Waals surface area contributed by atoms with E-state index in [1.165, 1.54) is 0 Å². The van der Waals surface area contributed by atoms with Crippen LogP contribution in [0.3, 0.4) is 0 Å². The molecule has 2 heterocycles. The van der Waals surface area contributed by atoms with Crippen LogP contribution in [0.15, 0.2) is 24.5 Å². The van der Waals surface area contributed by atoms with E-state index in [0.29, 0.717) is 36.1 Å². The van der Waals surface area contributed by atoms with Crippen LogP contribution in [0.1, 0.15) is 36.9 Å². The standard InChI is InChI=1S/C19H25ClN4O3/c1-4-27-16-8-12(7-14(20)19(16)26-3)9-21-15-5-6-17(25)23-18(15)13-10-22-24(2)11-13/h7-8,10-11,15,18,21H,4-6,9H2,1-3H3,(H,23,25)/t15-,18+/m1/s1. The maximum absolute atomic E-state index is 11.9. The number of halogens is 1. The van der Waals surface area contributed by atoms with E-state index in [0.717, 1.165) is 17.5 Å². The van der Waals surface area contributed by atoms with E-state index in [1.807, 2.05) is 32.3 Å². The molecule has 1 aromatic carbocycles. The summed E-state index contributed by atoms with van der Waals surface area (Å²) in [5.74, 6) is 1.23. The summed E-state index contributed by atoms with van der Waals surface area (Å²) in [6.07, 6.45) is 4.99. The predicted molar refractivity (Wildman–Crippen MR) is 103 cm³/mol. The Morgan fingerprint density at radius 2 is 2.26 bits per heavy atom. The summed E-state index contributed by atoms with van der Waals surface area (Å²) in [5, 5.41) is 11.3. The number of hydrogen-bond donors (Lipinski definition) is 2. The first-order chi connectivity index (χ1) is 13.0. The SMILES string of the molecule is CCOc1cc(CN[C@@H]2CCC(=O)N[C@H]2c2cnn(C)c2)cc(Cl)c1OC. The molecule has 3 rings (SSSR count). The lowest BCUT2D eigenvalue weighted by atomic mass is 9.93. The van der Waals surface area contributed by atoms with Gasteiger partial charge in [-0.2, -0.15) is 5.10 Å². The van der Waals surface area contributed by atoms with Gasteiger partial charge >= 0.3 is 0 Å². The zero-order valence-corrected chi connectivity index (χ0v) is 16.5. The number of benzene rings is 1. The Kier molecular flexibility index (Phi) is 6.23. The van der Waals surface area contributed by atoms with Crippen LogP contribution in [0.5, 0.6) is 11.5 Å². The van der Waals surface area contributed by atoms with Gasteiger partial charge in [0.25, 0.3) is 0 Å². The smallest absolute Gasteiger partial charge is 0.220 e. The molecule has 0 radical (unpaired) electrons. The topological polar surface area (TPSA) is 77.4 Å². The van der Waals surface area contributed by atoms with Gasteiger partial charge in [0.1, 0.15) is 0 Å². The van der Waals surface area contributed by atoms with Gasteiger partial charge in [-0.3, -0.25) is 9.48 Å². The Bertz CT molecular complexity index is 808. The second-order valence-electron chi connectivity index (χ2n) is 6.56. The monoisotopic (exact) mass is 392 g/mol. The van der Waals surface area contributed by atoms with E-state index in [-0.39, 0.29) is 18.0 Å². The normalized spacial score (nSPS) is 19.6. The quantitative estimate of drug-likeness (QED) is 0.757. The van der Waals surface area contributed by atoms with Crippen molar-refractivity contribution >= 4 is 17.5 Å². The fourth-order valence-corrected chi connectivity index (χ4v) is 3.68. The molecule has 0 aliphatic carbocycles. The third kappa shape index (κ3) is 4.54. The second kappa shape index (κ2) is 8.63. The van der Waals surface area contributed by atoms with Crippen molar-refractivity contribution < 1.29 is 14.3 Å². The zero-order valence-electron chi connectivity index (χ0n) is 15.8. The van der Waals surface area contributed by atoms with Crippen LogP contribution < -0.4 is 20.1 Å². The number of carbonyl (C=O) groups is 1. The van der Waals surface area contributed by atoms with E-state index >= 15 is 0 Å². The fourth-order valence-electron chi connectivity index (χ4n) is 3.37. The van der Waals surface area contributed by atoms with E-state index < -0.39 is 0 Å². The van der Waals surface area contributed by atoms with Gasteiger partial charge < -0.3 is 20.1 Å². The molecule has 2 aromatic rings. The molecule has 146 valence electrons. The number of nitrogens with one attached hydrogen (secondary N) is 2. The lowest BCUT2D eigenvalue weighted by Crippen LogP contribution is -2.48. The van der Waals surface area contributed by atoms with E-state index in [2.05, 4.69) is 15.7 Å². The van der Waals surface area contributed by atoms with E-state index in [9.17, 15) is 4.79 Å². The molecule has 2 N–H and O–H groups in total. The van der Waals surface area contributed by atoms with Crippen molar-refractivity contribution in [2.45, 2.75) is 38.4 Å². The molecule has 7 nitrogen and oxygen atoms in total. The van der Waals surface area contributed by atoms with Crippen LogP contribution >= 0.6 is 11.6 Å². The third-order valence-corrected chi connectivity index (χ3v) is 4.91. The Morgan fingerprint density at radius 1 is 1.44 bits per heavy atom. The first kappa shape index (κ1) is 19.5. The average molecular weight is 393 g/mol. The minimum atomic E-state index is -0.111. The molecule has 8 heteroatoms. The lowest BCUT2D eigenvalue weighted by molar-refractivity contribution is -0.123. The minimum absolute atomic E-state index is 0.0630. The van der Waals surface area contributed by atoms with Gasteiger partial charge in [0.05, 0.1) is 31.0 Å². The van der Waals surface area contributed by atoms with E-state index in [4.69, 9.17) is 21.1 Å². The molecule has 1 aromatic heterocycles. The number of aryl methyl sites for hydroxylation is 1. The maximum atomic E-state index is 11.9. The molecule has 1 fully saturated rings. The molecule has 0 unspecified atom stereocenters. The largest absolute Gasteiger partial charge is 0.491 e. The van der Waals surface area contributed by atoms with Crippen molar-refractivity contribution in [2.75, 3.05) is 13.7 Å². The molecule has 0 saturated carbocycles. The molecule has 27 heavy (non-hydrogen) atoms. The van der Waals surface area contributed by atoms with Crippen LogP contribution in [-0.2, 0) is 18.4 Å². The summed E-state index contributed by atoms with van der Waals surface area (Å²) in [6.45, 7) is 3.05. The number of carbonyl (C=O) groups excluding carboxylic acids is 1. The minimum Gasteiger partial charge on any atom is -0.491 e. The summed E-state index contributed by atoms with van der Waals surface area (Å²) in [5.41, 5.74) is 1.98. The molecule has 1 saturated heterocycles. The predicted octanol–water partition coefficient (Wildman–Crippen LogP) is 2.59. The number of methoxy groups -OCH3 is 1. The van der Waals surface area contributed by atoms with Crippen molar-refractivity contribution in [3.63, 3.8) is 0 Å². The van der Waals surface area contributed by atoms with E-state index in [1.54, 1.807) is 18.0 Å². The molecular formula is C19H25ClN4O3. The number of ether oxygens (including phenoxy) is 2.